The molecule has 150 valence electrons. The average Bonchev–Trinajstić information content (AvgIpc) is 3.37. The van der Waals surface area contributed by atoms with Crippen molar-refractivity contribution in [2.45, 2.75) is 25.4 Å². The van der Waals surface area contributed by atoms with E-state index in [1.54, 1.807) is 30.6 Å². The molecule has 29 heavy (non-hydrogen) atoms. The number of rotatable bonds is 5. The van der Waals surface area contributed by atoms with Crippen molar-refractivity contribution in [2.24, 2.45) is 0 Å². The van der Waals surface area contributed by atoms with E-state index in [2.05, 4.69) is 15.4 Å². The van der Waals surface area contributed by atoms with E-state index in [0.717, 1.165) is 0 Å². The van der Waals surface area contributed by atoms with Gasteiger partial charge in [-0.3, -0.25) is 9.36 Å². The molecular formula is C19H17ClFN5O3. The number of ether oxygens (including phenoxy) is 1. The van der Waals surface area contributed by atoms with Crippen LogP contribution in [0.5, 0.6) is 0 Å². The van der Waals surface area contributed by atoms with Gasteiger partial charge in [-0.15, -0.1) is 0 Å². The first-order chi connectivity index (χ1) is 14.0. The van der Waals surface area contributed by atoms with E-state index in [1.807, 2.05) is 0 Å². The molecule has 10 heteroatoms. The molecule has 1 aliphatic heterocycles. The molecule has 1 atom stereocenters. The molecule has 8 nitrogen and oxygen atoms in total. The summed E-state index contributed by atoms with van der Waals surface area (Å²) < 4.78 is 21.4. The third-order valence-corrected chi connectivity index (χ3v) is 5.10. The van der Waals surface area contributed by atoms with Crippen LogP contribution in [0.15, 0.2) is 41.5 Å². The molecule has 0 aliphatic carbocycles. The van der Waals surface area contributed by atoms with Crippen molar-refractivity contribution >= 4 is 23.4 Å². The second kappa shape index (κ2) is 7.67. The molecule has 0 radical (unpaired) electrons. The Hall–Kier alpha value is -3.20. The standard InChI is InChI=1S/C19H17ClFN5O3/c1-29-19(28)15-7-6-14-16(20)24-17(18(27)26(14)15)22-8-11-9-23-25(10-11)13-5-3-2-4-12(13)21/h2-5,9-10,15H,6-8H2,1H3,(H,22,24)/t15-/m0/s1. The first-order valence-corrected chi connectivity index (χ1v) is 9.28. The van der Waals surface area contributed by atoms with E-state index < -0.39 is 23.4 Å². The minimum Gasteiger partial charge on any atom is -0.467 e. The molecule has 0 saturated heterocycles. The highest BCUT2D eigenvalue weighted by Gasteiger charge is 2.33. The van der Waals surface area contributed by atoms with Crippen molar-refractivity contribution in [1.82, 2.24) is 19.3 Å². The lowest BCUT2D eigenvalue weighted by Gasteiger charge is -2.14. The Labute approximate surface area is 169 Å². The number of hydrogen-bond donors (Lipinski definition) is 1. The Morgan fingerprint density at radius 1 is 1.41 bits per heavy atom. The summed E-state index contributed by atoms with van der Waals surface area (Å²) in [6.45, 7) is 0.218. The molecule has 0 bridgehead atoms. The number of hydrogen-bond acceptors (Lipinski definition) is 6. The van der Waals surface area contributed by atoms with Gasteiger partial charge in [0.25, 0.3) is 5.56 Å². The lowest BCUT2D eigenvalue weighted by atomic mass is 10.2. The smallest absolute Gasteiger partial charge is 0.328 e. The quantitative estimate of drug-likeness (QED) is 0.641. The fourth-order valence-corrected chi connectivity index (χ4v) is 3.65. The lowest BCUT2D eigenvalue weighted by molar-refractivity contribution is -0.144. The lowest BCUT2D eigenvalue weighted by Crippen LogP contribution is -2.31. The van der Waals surface area contributed by atoms with Crippen molar-refractivity contribution < 1.29 is 13.9 Å². The summed E-state index contributed by atoms with van der Waals surface area (Å²) in [7, 11) is 1.28. The predicted molar refractivity (Wildman–Crippen MR) is 104 cm³/mol. The first-order valence-electron chi connectivity index (χ1n) is 8.90. The van der Waals surface area contributed by atoms with Crippen LogP contribution in [0.1, 0.15) is 23.7 Å². The maximum atomic E-state index is 13.9. The van der Waals surface area contributed by atoms with E-state index >= 15 is 0 Å². The van der Waals surface area contributed by atoms with E-state index in [1.165, 1.54) is 22.4 Å². The van der Waals surface area contributed by atoms with Crippen molar-refractivity contribution in [3.8, 4) is 5.69 Å². The van der Waals surface area contributed by atoms with Crippen LogP contribution in [-0.2, 0) is 22.5 Å². The van der Waals surface area contributed by atoms with Gasteiger partial charge in [0.1, 0.15) is 17.5 Å². The zero-order chi connectivity index (χ0) is 20.5. The van der Waals surface area contributed by atoms with Gasteiger partial charge in [0.05, 0.1) is 19.0 Å². The zero-order valence-electron chi connectivity index (χ0n) is 15.4. The van der Waals surface area contributed by atoms with Crippen LogP contribution in [0, 0.1) is 5.82 Å². The van der Waals surface area contributed by atoms with Crippen LogP contribution in [-0.4, -0.2) is 32.4 Å². The second-order valence-corrected chi connectivity index (χ2v) is 6.91. The van der Waals surface area contributed by atoms with Gasteiger partial charge in [-0.25, -0.2) is 18.9 Å². The molecular weight excluding hydrogens is 401 g/mol. The summed E-state index contributed by atoms with van der Waals surface area (Å²) in [5, 5.41) is 7.25. The molecule has 0 amide bonds. The molecule has 3 aromatic rings. The van der Waals surface area contributed by atoms with Crippen LogP contribution in [0.25, 0.3) is 5.69 Å². The van der Waals surface area contributed by atoms with Gasteiger partial charge >= 0.3 is 5.97 Å². The fourth-order valence-electron chi connectivity index (χ4n) is 3.38. The third-order valence-electron chi connectivity index (χ3n) is 4.80. The van der Waals surface area contributed by atoms with Gasteiger partial charge in [0.15, 0.2) is 11.0 Å². The van der Waals surface area contributed by atoms with E-state index in [9.17, 15) is 14.0 Å². The molecule has 0 spiro atoms. The molecule has 1 aliphatic rings. The molecule has 0 saturated carbocycles. The monoisotopic (exact) mass is 417 g/mol. The summed E-state index contributed by atoms with van der Waals surface area (Å²) in [4.78, 5) is 29.0. The van der Waals surface area contributed by atoms with Gasteiger partial charge < -0.3 is 10.1 Å². The van der Waals surface area contributed by atoms with Gasteiger partial charge in [-0.2, -0.15) is 5.10 Å². The molecule has 2 aromatic heterocycles. The normalized spacial score (nSPS) is 15.2. The van der Waals surface area contributed by atoms with Crippen LogP contribution in [0.3, 0.4) is 0 Å². The Kier molecular flexibility index (Phi) is 5.06. The summed E-state index contributed by atoms with van der Waals surface area (Å²) in [6, 6.07) is 5.56. The van der Waals surface area contributed by atoms with Gasteiger partial charge in [-0.1, -0.05) is 23.7 Å². The number of para-hydroxylation sites is 1. The van der Waals surface area contributed by atoms with Crippen LogP contribution in [0.4, 0.5) is 10.2 Å². The number of benzene rings is 1. The van der Waals surface area contributed by atoms with Gasteiger partial charge in [0.2, 0.25) is 0 Å². The number of aromatic nitrogens is 4. The van der Waals surface area contributed by atoms with Crippen LogP contribution in [0.2, 0.25) is 5.15 Å². The Bertz CT molecular complexity index is 1140. The van der Waals surface area contributed by atoms with Crippen molar-refractivity contribution in [2.75, 3.05) is 12.4 Å². The number of esters is 1. The fraction of sp³-hybridized carbons (Fsp3) is 0.263. The second-order valence-electron chi connectivity index (χ2n) is 6.55. The van der Waals surface area contributed by atoms with E-state index in [4.69, 9.17) is 16.3 Å². The third kappa shape index (κ3) is 3.49. The minimum atomic E-state index is -0.715. The van der Waals surface area contributed by atoms with Crippen molar-refractivity contribution in [1.29, 1.82) is 0 Å². The number of fused-ring (bicyclic) bond motifs is 1. The van der Waals surface area contributed by atoms with Crippen molar-refractivity contribution in [3.63, 3.8) is 0 Å². The summed E-state index contributed by atoms with van der Waals surface area (Å²) in [5.74, 6) is -0.868. The molecule has 0 fully saturated rings. The maximum absolute atomic E-state index is 13.9. The average molecular weight is 418 g/mol. The highest BCUT2D eigenvalue weighted by atomic mass is 35.5. The maximum Gasteiger partial charge on any atom is 0.328 e. The van der Waals surface area contributed by atoms with Gasteiger partial charge in [0, 0.05) is 18.3 Å². The minimum absolute atomic E-state index is 0.0215. The predicted octanol–water partition coefficient (Wildman–Crippen LogP) is 2.49. The highest BCUT2D eigenvalue weighted by Crippen LogP contribution is 2.29. The number of methoxy groups -OCH3 is 1. The molecule has 0 unspecified atom stereocenters. The first kappa shape index (κ1) is 19.1. The Morgan fingerprint density at radius 2 is 2.21 bits per heavy atom. The SMILES string of the molecule is COC(=O)[C@@H]1CCc2c(Cl)nc(NCc3cnn(-c4ccccc4F)c3)c(=O)n21. The van der Waals surface area contributed by atoms with Crippen molar-refractivity contribution in [3.05, 3.63) is 69.2 Å². The number of carbonyl (C=O) groups excluding carboxylic acids is 1. The summed E-state index contributed by atoms with van der Waals surface area (Å²) >= 11 is 6.22. The highest BCUT2D eigenvalue weighted by molar-refractivity contribution is 6.30. The van der Waals surface area contributed by atoms with Gasteiger partial charge in [-0.05, 0) is 25.0 Å². The summed E-state index contributed by atoms with van der Waals surface area (Å²) in [5.41, 5.74) is 1.10. The Morgan fingerprint density at radius 3 is 2.97 bits per heavy atom. The topological polar surface area (TPSA) is 91.0 Å². The molecule has 4 rings (SSSR count). The number of nitrogens with zero attached hydrogens (tertiary/aromatic N) is 4. The molecule has 3 heterocycles. The largest absolute Gasteiger partial charge is 0.467 e. The van der Waals surface area contributed by atoms with Crippen LogP contribution < -0.4 is 10.9 Å². The zero-order valence-corrected chi connectivity index (χ0v) is 16.2. The number of carbonyl (C=O) groups is 1. The van der Waals surface area contributed by atoms with E-state index in [-0.39, 0.29) is 17.5 Å². The number of anilines is 1. The molecule has 1 N–H and O–H groups in total. The summed E-state index contributed by atoms with van der Waals surface area (Å²) in [6.07, 6.45) is 4.11. The van der Waals surface area contributed by atoms with Crippen LogP contribution >= 0.6 is 11.6 Å². The number of halogens is 2. The van der Waals surface area contributed by atoms with E-state index in [0.29, 0.717) is 29.8 Å². The number of nitrogens with one attached hydrogen (secondary N) is 1. The Balaban J connectivity index is 1.57. The molecule has 1 aromatic carbocycles.